The number of anilines is 2. The Morgan fingerprint density at radius 3 is 3.11 bits per heavy atom. The highest BCUT2D eigenvalue weighted by Gasteiger charge is 2.30. The summed E-state index contributed by atoms with van der Waals surface area (Å²) < 4.78 is 0.757. The number of nitrogen functional groups attached to an aromatic ring is 1. The molecule has 0 aliphatic carbocycles. The van der Waals surface area contributed by atoms with E-state index in [1.165, 1.54) is 0 Å². The summed E-state index contributed by atoms with van der Waals surface area (Å²) in [6, 6.07) is -0.186. The minimum absolute atomic E-state index is 0.0128. The number of amides is 1. The first-order chi connectivity index (χ1) is 8.63. The fourth-order valence-corrected chi connectivity index (χ4v) is 2.62. The fraction of sp³-hybridized carbons (Fsp3) is 0.545. The van der Waals surface area contributed by atoms with Crippen LogP contribution in [0.1, 0.15) is 19.3 Å². The number of halogens is 1. The molecule has 1 amide bonds. The Labute approximate surface area is 114 Å². The lowest BCUT2D eigenvalue weighted by Crippen LogP contribution is -2.49. The summed E-state index contributed by atoms with van der Waals surface area (Å²) in [5.41, 5.74) is 5.62. The maximum absolute atomic E-state index is 11.9. The van der Waals surface area contributed by atoms with Gasteiger partial charge in [0, 0.05) is 19.8 Å². The van der Waals surface area contributed by atoms with Gasteiger partial charge in [-0.25, -0.2) is 4.98 Å². The molecule has 1 atom stereocenters. The maximum Gasteiger partial charge on any atom is 0.242 e. The molecule has 3 N–H and O–H groups in total. The Bertz CT molecular complexity index is 453. The number of nitrogens with one attached hydrogen (secondary N) is 1. The van der Waals surface area contributed by atoms with E-state index in [1.54, 1.807) is 13.2 Å². The molecule has 0 spiro atoms. The summed E-state index contributed by atoms with van der Waals surface area (Å²) in [6.07, 6.45) is 4.54. The predicted octanol–water partition coefficient (Wildman–Crippen LogP) is 0.926. The molecule has 0 bridgehead atoms. The van der Waals surface area contributed by atoms with Gasteiger partial charge in [0.15, 0.2) is 0 Å². The molecule has 1 fully saturated rings. The molecule has 1 unspecified atom stereocenters. The third-order valence-corrected chi connectivity index (χ3v) is 3.63. The third kappa shape index (κ3) is 2.55. The van der Waals surface area contributed by atoms with Crippen LogP contribution in [0.15, 0.2) is 10.7 Å². The van der Waals surface area contributed by atoms with Crippen LogP contribution >= 0.6 is 15.9 Å². The quantitative estimate of drug-likeness (QED) is 0.848. The van der Waals surface area contributed by atoms with Crippen LogP contribution in [0.5, 0.6) is 0 Å². The standard InChI is InChI=1S/C11H16BrN5O/c1-14-10(18)8-4-2-3-5-17(8)9-7(12)6-15-11(13)16-9/h6,8H,2-5H2,1H3,(H,14,18)(H2,13,15,16). The van der Waals surface area contributed by atoms with Crippen molar-refractivity contribution in [2.45, 2.75) is 25.3 Å². The normalized spacial score (nSPS) is 19.7. The monoisotopic (exact) mass is 313 g/mol. The first kappa shape index (κ1) is 13.1. The van der Waals surface area contributed by atoms with Gasteiger partial charge in [0.1, 0.15) is 11.9 Å². The lowest BCUT2D eigenvalue weighted by Gasteiger charge is -2.35. The van der Waals surface area contributed by atoms with Gasteiger partial charge in [0.25, 0.3) is 0 Å². The van der Waals surface area contributed by atoms with Crippen molar-refractivity contribution in [3.05, 3.63) is 10.7 Å². The van der Waals surface area contributed by atoms with Crippen molar-refractivity contribution in [1.29, 1.82) is 0 Å². The van der Waals surface area contributed by atoms with Crippen molar-refractivity contribution in [3.8, 4) is 0 Å². The van der Waals surface area contributed by atoms with Crippen LogP contribution in [0.25, 0.3) is 0 Å². The molecule has 2 rings (SSSR count). The Kier molecular flexibility index (Phi) is 4.00. The zero-order chi connectivity index (χ0) is 13.1. The van der Waals surface area contributed by atoms with Crippen LogP contribution in [0.2, 0.25) is 0 Å². The van der Waals surface area contributed by atoms with Crippen molar-refractivity contribution >= 4 is 33.6 Å². The topological polar surface area (TPSA) is 84.1 Å². The lowest BCUT2D eigenvalue weighted by atomic mass is 10.0. The van der Waals surface area contributed by atoms with E-state index >= 15 is 0 Å². The molecular weight excluding hydrogens is 298 g/mol. The van der Waals surface area contributed by atoms with E-state index in [9.17, 15) is 4.79 Å². The molecular formula is C11H16BrN5O. The summed E-state index contributed by atoms with van der Waals surface area (Å²) >= 11 is 3.41. The summed E-state index contributed by atoms with van der Waals surface area (Å²) in [6.45, 7) is 0.799. The zero-order valence-corrected chi connectivity index (χ0v) is 11.8. The molecule has 0 saturated carbocycles. The van der Waals surface area contributed by atoms with Gasteiger partial charge in [0.2, 0.25) is 11.9 Å². The van der Waals surface area contributed by atoms with Crippen LogP contribution in [0.3, 0.4) is 0 Å². The number of carbonyl (C=O) groups excluding carboxylic acids is 1. The molecule has 0 radical (unpaired) electrons. The number of carbonyl (C=O) groups is 1. The number of rotatable bonds is 2. The van der Waals surface area contributed by atoms with E-state index in [0.717, 1.165) is 30.3 Å². The van der Waals surface area contributed by atoms with Crippen molar-refractivity contribution in [2.75, 3.05) is 24.2 Å². The Hall–Kier alpha value is -1.37. The summed E-state index contributed by atoms with van der Waals surface area (Å²) in [4.78, 5) is 22.0. The minimum atomic E-state index is -0.186. The first-order valence-corrected chi connectivity index (χ1v) is 6.69. The van der Waals surface area contributed by atoms with Crippen LogP contribution in [0.4, 0.5) is 11.8 Å². The van der Waals surface area contributed by atoms with E-state index in [-0.39, 0.29) is 17.9 Å². The van der Waals surface area contributed by atoms with Gasteiger partial charge in [-0.3, -0.25) is 4.79 Å². The number of nitrogens with zero attached hydrogens (tertiary/aromatic N) is 3. The van der Waals surface area contributed by atoms with Crippen molar-refractivity contribution < 1.29 is 4.79 Å². The van der Waals surface area contributed by atoms with Crippen molar-refractivity contribution in [2.24, 2.45) is 0 Å². The van der Waals surface area contributed by atoms with Gasteiger partial charge < -0.3 is 16.0 Å². The SMILES string of the molecule is CNC(=O)C1CCCCN1c1nc(N)ncc1Br. The highest BCUT2D eigenvalue weighted by atomic mass is 79.9. The predicted molar refractivity (Wildman–Crippen MR) is 73.2 cm³/mol. The van der Waals surface area contributed by atoms with Crippen LogP contribution in [-0.4, -0.2) is 35.5 Å². The van der Waals surface area contributed by atoms with Crippen molar-refractivity contribution in [1.82, 2.24) is 15.3 Å². The van der Waals surface area contributed by atoms with Gasteiger partial charge in [-0.1, -0.05) is 0 Å². The summed E-state index contributed by atoms with van der Waals surface area (Å²) in [5, 5.41) is 2.70. The Morgan fingerprint density at radius 2 is 2.39 bits per heavy atom. The molecule has 2 heterocycles. The molecule has 0 aromatic carbocycles. The minimum Gasteiger partial charge on any atom is -0.368 e. The van der Waals surface area contributed by atoms with E-state index in [2.05, 4.69) is 31.2 Å². The Morgan fingerprint density at radius 1 is 1.61 bits per heavy atom. The Balaban J connectivity index is 2.33. The van der Waals surface area contributed by atoms with E-state index in [1.807, 2.05) is 4.90 Å². The van der Waals surface area contributed by atoms with Crippen molar-refractivity contribution in [3.63, 3.8) is 0 Å². The number of piperidine rings is 1. The van der Waals surface area contributed by atoms with Crippen LogP contribution in [-0.2, 0) is 4.79 Å². The number of hydrogen-bond donors (Lipinski definition) is 2. The average molecular weight is 314 g/mol. The molecule has 1 aromatic rings. The summed E-state index contributed by atoms with van der Waals surface area (Å²) in [5.74, 6) is 0.920. The molecule has 18 heavy (non-hydrogen) atoms. The number of hydrogen-bond acceptors (Lipinski definition) is 5. The second kappa shape index (κ2) is 5.51. The smallest absolute Gasteiger partial charge is 0.242 e. The van der Waals surface area contributed by atoms with Gasteiger partial charge >= 0.3 is 0 Å². The van der Waals surface area contributed by atoms with E-state index in [0.29, 0.717) is 5.82 Å². The average Bonchev–Trinajstić information content (AvgIpc) is 2.40. The third-order valence-electron chi connectivity index (χ3n) is 3.07. The van der Waals surface area contributed by atoms with Gasteiger partial charge in [0.05, 0.1) is 4.47 Å². The van der Waals surface area contributed by atoms with Gasteiger partial charge in [-0.15, -0.1) is 0 Å². The summed E-state index contributed by atoms with van der Waals surface area (Å²) in [7, 11) is 1.65. The van der Waals surface area contributed by atoms with Gasteiger partial charge in [-0.2, -0.15) is 4.98 Å². The molecule has 1 saturated heterocycles. The van der Waals surface area contributed by atoms with Gasteiger partial charge in [-0.05, 0) is 35.2 Å². The number of aromatic nitrogens is 2. The molecule has 1 aliphatic heterocycles. The number of likely N-dealkylation sites (N-methyl/N-ethyl adjacent to an activating group) is 1. The molecule has 98 valence electrons. The largest absolute Gasteiger partial charge is 0.368 e. The maximum atomic E-state index is 11.9. The number of nitrogens with two attached hydrogens (primary N) is 1. The highest BCUT2D eigenvalue weighted by molar-refractivity contribution is 9.10. The van der Waals surface area contributed by atoms with E-state index < -0.39 is 0 Å². The van der Waals surface area contributed by atoms with E-state index in [4.69, 9.17) is 5.73 Å². The first-order valence-electron chi connectivity index (χ1n) is 5.89. The van der Waals surface area contributed by atoms with Crippen LogP contribution < -0.4 is 16.0 Å². The second-order valence-electron chi connectivity index (χ2n) is 4.22. The molecule has 7 heteroatoms. The molecule has 6 nitrogen and oxygen atoms in total. The second-order valence-corrected chi connectivity index (χ2v) is 5.07. The zero-order valence-electron chi connectivity index (χ0n) is 10.2. The lowest BCUT2D eigenvalue weighted by molar-refractivity contribution is -0.122. The fourth-order valence-electron chi connectivity index (χ4n) is 2.20. The molecule has 1 aliphatic rings. The molecule has 1 aromatic heterocycles. The van der Waals surface area contributed by atoms with Crippen LogP contribution in [0, 0.1) is 0 Å². The highest BCUT2D eigenvalue weighted by Crippen LogP contribution is 2.29.